The molecule has 0 radical (unpaired) electrons. The number of hydrogen-bond acceptors (Lipinski definition) is 6. The number of ether oxygens (including phenoxy) is 1. The fourth-order valence-electron chi connectivity index (χ4n) is 3.72. The summed E-state index contributed by atoms with van der Waals surface area (Å²) in [5.74, 6) is 0.168. The fourth-order valence-corrected chi connectivity index (χ4v) is 3.72. The maximum absolute atomic E-state index is 13.5. The third kappa shape index (κ3) is 5.82. The van der Waals surface area contributed by atoms with Crippen LogP contribution in [0.25, 0.3) is 11.1 Å². The summed E-state index contributed by atoms with van der Waals surface area (Å²) < 4.78 is 5.42. The molecule has 34 heavy (non-hydrogen) atoms. The minimum atomic E-state index is -0.506. The van der Waals surface area contributed by atoms with Crippen LogP contribution in [0, 0.1) is 0 Å². The van der Waals surface area contributed by atoms with Crippen LogP contribution in [0.1, 0.15) is 24.2 Å². The number of hydrogen-bond donors (Lipinski definition) is 2. The first-order chi connectivity index (χ1) is 16.6. The number of amides is 1. The number of nitrogens with zero attached hydrogens (tertiary/aromatic N) is 3. The second kappa shape index (κ2) is 11.2. The molecule has 2 atom stereocenters. The molecule has 7 nitrogen and oxygen atoms in total. The van der Waals surface area contributed by atoms with Crippen molar-refractivity contribution in [2.75, 3.05) is 12.4 Å². The molecule has 1 unspecified atom stereocenters. The first kappa shape index (κ1) is 23.1. The Hall–Kier alpha value is -4.10. The zero-order chi connectivity index (χ0) is 23.8. The number of benzene rings is 1. The first-order valence-corrected chi connectivity index (χ1v) is 11.1. The topological polar surface area (TPSA) is 89.0 Å². The summed E-state index contributed by atoms with van der Waals surface area (Å²) >= 11 is 0. The van der Waals surface area contributed by atoms with Crippen LogP contribution < -0.4 is 15.4 Å². The van der Waals surface area contributed by atoms with Gasteiger partial charge in [0.1, 0.15) is 5.69 Å². The number of nitrogens with one attached hydrogen (secondary N) is 2. The lowest BCUT2D eigenvalue weighted by atomic mass is 10.0. The maximum atomic E-state index is 13.5. The standard InChI is InChI=1S/C27H27N5O2/c1-19(23-10-6-7-13-29-23)31-24(16-20-8-4-3-5-9-20)26(33)32-25-17-22(18-30-27(25)34-2)21-11-14-28-15-12-21/h3-15,17-19,24,31H,16H2,1-2H3,(H,32,33)/t19-,24?/m0/s1. The minimum absolute atomic E-state index is 0.121. The molecule has 0 saturated carbocycles. The van der Waals surface area contributed by atoms with E-state index in [0.29, 0.717) is 18.0 Å². The molecule has 2 N–H and O–H groups in total. The number of aromatic nitrogens is 3. The molecule has 1 amide bonds. The van der Waals surface area contributed by atoms with Gasteiger partial charge in [-0.25, -0.2) is 4.98 Å². The Morgan fingerprint density at radius 1 is 0.941 bits per heavy atom. The van der Waals surface area contributed by atoms with Crippen molar-refractivity contribution in [2.45, 2.75) is 25.4 Å². The van der Waals surface area contributed by atoms with Crippen LogP contribution in [0.4, 0.5) is 5.69 Å². The molecule has 1 aromatic carbocycles. The Morgan fingerprint density at radius 3 is 2.41 bits per heavy atom. The van der Waals surface area contributed by atoms with E-state index >= 15 is 0 Å². The molecule has 0 saturated heterocycles. The number of rotatable bonds is 9. The highest BCUT2D eigenvalue weighted by molar-refractivity contribution is 5.96. The lowest BCUT2D eigenvalue weighted by molar-refractivity contribution is -0.118. The quantitative estimate of drug-likeness (QED) is 0.389. The SMILES string of the molecule is COc1ncc(-c2ccncc2)cc1NC(=O)C(Cc1ccccc1)N[C@@H](C)c1ccccn1. The summed E-state index contributed by atoms with van der Waals surface area (Å²) in [5.41, 5.74) is 4.23. The predicted octanol–water partition coefficient (Wildman–Crippen LogP) is 4.45. The normalized spacial score (nSPS) is 12.5. The predicted molar refractivity (Wildman–Crippen MR) is 132 cm³/mol. The van der Waals surface area contributed by atoms with Gasteiger partial charge in [0.25, 0.3) is 0 Å². The molecule has 7 heteroatoms. The van der Waals surface area contributed by atoms with Crippen LogP contribution in [-0.2, 0) is 11.2 Å². The van der Waals surface area contributed by atoms with Crippen LogP contribution >= 0.6 is 0 Å². The van der Waals surface area contributed by atoms with E-state index in [4.69, 9.17) is 4.74 Å². The lowest BCUT2D eigenvalue weighted by Gasteiger charge is -2.23. The van der Waals surface area contributed by atoms with Gasteiger partial charge < -0.3 is 10.1 Å². The Balaban J connectivity index is 1.59. The highest BCUT2D eigenvalue weighted by atomic mass is 16.5. The van der Waals surface area contributed by atoms with E-state index in [0.717, 1.165) is 22.4 Å². The smallest absolute Gasteiger partial charge is 0.242 e. The van der Waals surface area contributed by atoms with Gasteiger partial charge in [-0.1, -0.05) is 36.4 Å². The summed E-state index contributed by atoms with van der Waals surface area (Å²) in [5, 5.41) is 6.47. The third-order valence-electron chi connectivity index (χ3n) is 5.50. The summed E-state index contributed by atoms with van der Waals surface area (Å²) in [7, 11) is 1.53. The van der Waals surface area contributed by atoms with Crippen molar-refractivity contribution in [1.82, 2.24) is 20.3 Å². The number of carbonyl (C=O) groups is 1. The third-order valence-corrected chi connectivity index (χ3v) is 5.50. The van der Waals surface area contributed by atoms with E-state index in [9.17, 15) is 4.79 Å². The largest absolute Gasteiger partial charge is 0.480 e. The van der Waals surface area contributed by atoms with Gasteiger partial charge in [0.2, 0.25) is 11.8 Å². The van der Waals surface area contributed by atoms with E-state index < -0.39 is 6.04 Å². The zero-order valence-corrected chi connectivity index (χ0v) is 19.2. The summed E-state index contributed by atoms with van der Waals surface area (Å²) in [6, 6.07) is 20.7. The summed E-state index contributed by atoms with van der Waals surface area (Å²) in [6.07, 6.45) is 7.42. The van der Waals surface area contributed by atoms with Crippen LogP contribution in [0.3, 0.4) is 0 Å². The Labute approximate surface area is 199 Å². The van der Waals surface area contributed by atoms with Crippen LogP contribution in [-0.4, -0.2) is 34.0 Å². The summed E-state index contributed by atoms with van der Waals surface area (Å²) in [4.78, 5) is 26.4. The van der Waals surface area contributed by atoms with Crippen molar-refractivity contribution in [2.24, 2.45) is 0 Å². The van der Waals surface area contributed by atoms with E-state index in [1.807, 2.05) is 73.7 Å². The zero-order valence-electron chi connectivity index (χ0n) is 19.2. The molecule has 0 aliphatic carbocycles. The van der Waals surface area contributed by atoms with E-state index in [1.165, 1.54) is 7.11 Å². The van der Waals surface area contributed by atoms with Crippen LogP contribution in [0.15, 0.2) is 91.5 Å². The van der Waals surface area contributed by atoms with Crippen molar-refractivity contribution in [3.63, 3.8) is 0 Å². The molecule has 3 heterocycles. The molecule has 4 aromatic rings. The molecule has 0 aliphatic rings. The number of methoxy groups -OCH3 is 1. The van der Waals surface area contributed by atoms with Crippen LogP contribution in [0.2, 0.25) is 0 Å². The Bertz CT molecular complexity index is 1200. The molecule has 3 aromatic heterocycles. The number of anilines is 1. The number of carbonyl (C=O) groups excluding carboxylic acids is 1. The lowest BCUT2D eigenvalue weighted by Crippen LogP contribution is -2.43. The van der Waals surface area contributed by atoms with Crippen molar-refractivity contribution < 1.29 is 9.53 Å². The van der Waals surface area contributed by atoms with Gasteiger partial charge >= 0.3 is 0 Å². The monoisotopic (exact) mass is 453 g/mol. The molecule has 0 spiro atoms. The van der Waals surface area contributed by atoms with E-state index in [2.05, 4.69) is 25.6 Å². The van der Waals surface area contributed by atoms with Crippen LogP contribution in [0.5, 0.6) is 5.88 Å². The first-order valence-electron chi connectivity index (χ1n) is 11.1. The van der Waals surface area contributed by atoms with Gasteiger partial charge in [-0.05, 0) is 54.8 Å². The molecule has 0 fully saturated rings. The average Bonchev–Trinajstić information content (AvgIpc) is 2.90. The molecule has 4 rings (SSSR count). The van der Waals surface area contributed by atoms with Gasteiger partial charge in [0.05, 0.1) is 18.8 Å². The second-order valence-corrected chi connectivity index (χ2v) is 7.89. The van der Waals surface area contributed by atoms with Gasteiger partial charge in [-0.15, -0.1) is 0 Å². The van der Waals surface area contributed by atoms with E-state index in [-0.39, 0.29) is 11.9 Å². The molecule has 0 bridgehead atoms. The Morgan fingerprint density at radius 2 is 1.71 bits per heavy atom. The molecule has 172 valence electrons. The van der Waals surface area contributed by atoms with Crippen molar-refractivity contribution in [3.05, 3.63) is 103 Å². The molecule has 0 aliphatic heterocycles. The van der Waals surface area contributed by atoms with Gasteiger partial charge in [-0.2, -0.15) is 0 Å². The van der Waals surface area contributed by atoms with Crippen molar-refractivity contribution >= 4 is 11.6 Å². The highest BCUT2D eigenvalue weighted by Crippen LogP contribution is 2.28. The Kier molecular flexibility index (Phi) is 7.57. The van der Waals surface area contributed by atoms with Gasteiger partial charge in [0.15, 0.2) is 0 Å². The van der Waals surface area contributed by atoms with Gasteiger partial charge in [0, 0.05) is 36.4 Å². The van der Waals surface area contributed by atoms with Gasteiger partial charge in [-0.3, -0.25) is 20.1 Å². The molecular formula is C27H27N5O2. The minimum Gasteiger partial charge on any atom is -0.480 e. The van der Waals surface area contributed by atoms with Crippen molar-refractivity contribution in [3.8, 4) is 17.0 Å². The fraction of sp³-hybridized carbons (Fsp3) is 0.185. The number of pyridine rings is 3. The highest BCUT2D eigenvalue weighted by Gasteiger charge is 2.23. The second-order valence-electron chi connectivity index (χ2n) is 7.89. The van der Waals surface area contributed by atoms with E-state index in [1.54, 1.807) is 24.8 Å². The molecular weight excluding hydrogens is 426 g/mol. The average molecular weight is 454 g/mol. The van der Waals surface area contributed by atoms with Crippen molar-refractivity contribution in [1.29, 1.82) is 0 Å². The summed E-state index contributed by atoms with van der Waals surface area (Å²) in [6.45, 7) is 2.00. The maximum Gasteiger partial charge on any atom is 0.242 e.